The van der Waals surface area contributed by atoms with Crippen LogP contribution in [0.25, 0.3) is 0 Å². The molecule has 23 heavy (non-hydrogen) atoms. The van der Waals surface area contributed by atoms with Crippen molar-refractivity contribution >= 4 is 28.8 Å². The average Bonchev–Trinajstić information content (AvgIpc) is 3.24. The molecular formula is C15H19ClN4O2S. The van der Waals surface area contributed by atoms with Gasteiger partial charge in [0.25, 0.3) is 0 Å². The van der Waals surface area contributed by atoms with Gasteiger partial charge in [-0.25, -0.2) is 0 Å². The van der Waals surface area contributed by atoms with E-state index in [1.807, 2.05) is 12.3 Å². The molecule has 6 nitrogen and oxygen atoms in total. The van der Waals surface area contributed by atoms with Gasteiger partial charge in [-0.1, -0.05) is 11.6 Å². The minimum atomic E-state index is -0.757. The van der Waals surface area contributed by atoms with Crippen LogP contribution in [0.1, 0.15) is 23.8 Å². The summed E-state index contributed by atoms with van der Waals surface area (Å²) in [6.07, 6.45) is 4.08. The fraction of sp³-hybridized carbons (Fsp3) is 0.467. The molecule has 3 heterocycles. The zero-order valence-corrected chi connectivity index (χ0v) is 14.1. The van der Waals surface area contributed by atoms with Crippen molar-refractivity contribution in [2.45, 2.75) is 24.5 Å². The van der Waals surface area contributed by atoms with Gasteiger partial charge in [0, 0.05) is 23.8 Å². The van der Waals surface area contributed by atoms with Crippen LogP contribution >= 0.6 is 22.9 Å². The van der Waals surface area contributed by atoms with Crippen molar-refractivity contribution in [3.05, 3.63) is 39.8 Å². The molecule has 1 saturated heterocycles. The molecule has 1 atom stereocenters. The fourth-order valence-corrected chi connectivity index (χ4v) is 3.93. The van der Waals surface area contributed by atoms with Crippen LogP contribution in [-0.2, 0) is 10.3 Å². The predicted molar refractivity (Wildman–Crippen MR) is 89.6 cm³/mol. The molecule has 8 heteroatoms. The first-order valence-corrected chi connectivity index (χ1v) is 8.74. The summed E-state index contributed by atoms with van der Waals surface area (Å²) < 4.78 is 2.36. The molecule has 2 aromatic heterocycles. The number of carbonyl (C=O) groups excluding carboxylic acids is 1. The molecule has 1 aliphatic rings. The van der Waals surface area contributed by atoms with E-state index in [0.717, 1.165) is 18.0 Å². The number of halogens is 1. The summed E-state index contributed by atoms with van der Waals surface area (Å²) in [5, 5.41) is 20.6. The maximum Gasteiger partial charge on any atom is 0.248 e. The predicted octanol–water partition coefficient (Wildman–Crippen LogP) is 1.53. The number of rotatable bonds is 5. The van der Waals surface area contributed by atoms with Gasteiger partial charge in [0.2, 0.25) is 5.91 Å². The number of piperidine rings is 1. The third-order valence-corrected chi connectivity index (χ3v) is 5.51. The third kappa shape index (κ3) is 3.42. The number of nitrogens with zero attached hydrogens (tertiary/aromatic N) is 2. The lowest BCUT2D eigenvalue weighted by atomic mass is 9.87. The van der Waals surface area contributed by atoms with Crippen molar-refractivity contribution in [2.24, 2.45) is 0 Å². The largest absolute Gasteiger partial charge is 0.386 e. The second-order valence-electron chi connectivity index (χ2n) is 5.60. The van der Waals surface area contributed by atoms with E-state index in [0.29, 0.717) is 17.2 Å². The van der Waals surface area contributed by atoms with Crippen LogP contribution in [0, 0.1) is 0 Å². The average molecular weight is 355 g/mol. The SMILES string of the molecule is O=C(NCC(O)c1ccc(Cl)s1)C1(n2cccn2)CCNCC1. The summed E-state index contributed by atoms with van der Waals surface area (Å²) in [5.41, 5.74) is -0.693. The van der Waals surface area contributed by atoms with Crippen LogP contribution in [-0.4, -0.2) is 40.4 Å². The maximum atomic E-state index is 12.8. The van der Waals surface area contributed by atoms with Crippen LogP contribution in [0.2, 0.25) is 4.34 Å². The van der Waals surface area contributed by atoms with Gasteiger partial charge in [0.1, 0.15) is 11.6 Å². The van der Waals surface area contributed by atoms with Crippen molar-refractivity contribution < 1.29 is 9.90 Å². The molecule has 1 fully saturated rings. The molecule has 1 amide bonds. The number of hydrogen-bond donors (Lipinski definition) is 3. The minimum Gasteiger partial charge on any atom is -0.386 e. The number of aromatic nitrogens is 2. The molecule has 0 saturated carbocycles. The Morgan fingerprint density at radius 3 is 2.91 bits per heavy atom. The molecule has 1 aliphatic heterocycles. The van der Waals surface area contributed by atoms with Crippen LogP contribution in [0.15, 0.2) is 30.6 Å². The van der Waals surface area contributed by atoms with E-state index in [2.05, 4.69) is 15.7 Å². The van der Waals surface area contributed by atoms with E-state index in [1.54, 1.807) is 23.0 Å². The van der Waals surface area contributed by atoms with Gasteiger partial charge in [0.05, 0.1) is 4.34 Å². The standard InChI is InChI=1S/C15H19ClN4O2S/c16-13-3-2-12(23-13)11(21)10-18-14(22)15(4-7-17-8-5-15)20-9-1-6-19-20/h1-3,6,9,11,17,21H,4-5,7-8,10H2,(H,18,22). The highest BCUT2D eigenvalue weighted by Gasteiger charge is 2.41. The van der Waals surface area contributed by atoms with Gasteiger partial charge in [-0.3, -0.25) is 9.48 Å². The van der Waals surface area contributed by atoms with E-state index in [1.165, 1.54) is 11.3 Å². The monoisotopic (exact) mass is 354 g/mol. The molecule has 3 N–H and O–H groups in total. The summed E-state index contributed by atoms with van der Waals surface area (Å²) in [6, 6.07) is 5.34. The highest BCUT2D eigenvalue weighted by Crippen LogP contribution is 2.29. The lowest BCUT2D eigenvalue weighted by Crippen LogP contribution is -2.55. The molecular weight excluding hydrogens is 336 g/mol. The van der Waals surface area contributed by atoms with Gasteiger partial charge in [-0.05, 0) is 44.1 Å². The van der Waals surface area contributed by atoms with Crippen LogP contribution in [0.4, 0.5) is 0 Å². The molecule has 0 bridgehead atoms. The Morgan fingerprint density at radius 1 is 1.52 bits per heavy atom. The number of carbonyl (C=O) groups is 1. The highest BCUT2D eigenvalue weighted by atomic mass is 35.5. The third-order valence-electron chi connectivity index (χ3n) is 4.17. The fourth-order valence-electron chi connectivity index (χ4n) is 2.88. The number of aliphatic hydroxyl groups is 1. The molecule has 1 unspecified atom stereocenters. The second-order valence-corrected chi connectivity index (χ2v) is 7.35. The van der Waals surface area contributed by atoms with Crippen molar-refractivity contribution in [3.63, 3.8) is 0 Å². The lowest BCUT2D eigenvalue weighted by molar-refractivity contribution is -0.132. The van der Waals surface area contributed by atoms with Crippen LogP contribution < -0.4 is 10.6 Å². The van der Waals surface area contributed by atoms with Crippen molar-refractivity contribution in [2.75, 3.05) is 19.6 Å². The second kappa shape index (κ2) is 7.00. The topological polar surface area (TPSA) is 79.2 Å². The Hall–Kier alpha value is -1.41. The molecule has 0 aromatic carbocycles. The zero-order chi connectivity index (χ0) is 16.3. The van der Waals surface area contributed by atoms with E-state index < -0.39 is 11.6 Å². The van der Waals surface area contributed by atoms with E-state index >= 15 is 0 Å². The van der Waals surface area contributed by atoms with Crippen LogP contribution in [0.3, 0.4) is 0 Å². The maximum absolute atomic E-state index is 12.8. The summed E-state index contributed by atoms with van der Waals surface area (Å²) in [7, 11) is 0. The number of hydrogen-bond acceptors (Lipinski definition) is 5. The first kappa shape index (κ1) is 16.4. The Bertz CT molecular complexity index is 652. The summed E-state index contributed by atoms with van der Waals surface area (Å²) in [6.45, 7) is 1.68. The van der Waals surface area contributed by atoms with E-state index in [4.69, 9.17) is 11.6 Å². The van der Waals surface area contributed by atoms with Crippen molar-refractivity contribution in [1.29, 1.82) is 0 Å². The molecule has 3 rings (SSSR count). The Morgan fingerprint density at radius 2 is 2.30 bits per heavy atom. The Balaban J connectivity index is 1.69. The van der Waals surface area contributed by atoms with Crippen molar-refractivity contribution in [3.8, 4) is 0 Å². The molecule has 0 aliphatic carbocycles. The number of aliphatic hydroxyl groups excluding tert-OH is 1. The smallest absolute Gasteiger partial charge is 0.248 e. The van der Waals surface area contributed by atoms with Gasteiger partial charge in [0.15, 0.2) is 0 Å². The van der Waals surface area contributed by atoms with Gasteiger partial charge < -0.3 is 15.7 Å². The molecule has 2 aromatic rings. The number of amides is 1. The first-order valence-electron chi connectivity index (χ1n) is 7.54. The molecule has 0 radical (unpaired) electrons. The number of nitrogens with one attached hydrogen (secondary N) is 2. The Kier molecular flexibility index (Phi) is 5.01. The highest BCUT2D eigenvalue weighted by molar-refractivity contribution is 7.16. The summed E-state index contributed by atoms with van der Waals surface area (Å²) in [4.78, 5) is 13.6. The van der Waals surface area contributed by atoms with Gasteiger partial charge >= 0.3 is 0 Å². The number of thiophene rings is 1. The first-order chi connectivity index (χ1) is 11.1. The Labute approximate surface area is 143 Å². The lowest BCUT2D eigenvalue weighted by Gasteiger charge is -2.36. The van der Waals surface area contributed by atoms with Gasteiger partial charge in [-0.15, -0.1) is 11.3 Å². The normalized spacial score (nSPS) is 18.5. The summed E-state index contributed by atoms with van der Waals surface area (Å²) in [5.74, 6) is -0.107. The molecule has 0 spiro atoms. The van der Waals surface area contributed by atoms with Gasteiger partial charge in [-0.2, -0.15) is 5.10 Å². The minimum absolute atomic E-state index is 0.107. The van der Waals surface area contributed by atoms with Crippen LogP contribution in [0.5, 0.6) is 0 Å². The van der Waals surface area contributed by atoms with E-state index in [9.17, 15) is 9.90 Å². The van der Waals surface area contributed by atoms with Crippen molar-refractivity contribution in [1.82, 2.24) is 20.4 Å². The zero-order valence-electron chi connectivity index (χ0n) is 12.5. The quantitative estimate of drug-likeness (QED) is 0.760. The van der Waals surface area contributed by atoms with E-state index in [-0.39, 0.29) is 12.5 Å². The molecule has 124 valence electrons. The summed E-state index contributed by atoms with van der Waals surface area (Å²) >= 11 is 7.20.